The number of halogens is 1. The molecule has 0 radical (unpaired) electrons. The lowest BCUT2D eigenvalue weighted by Crippen LogP contribution is -2.13. The number of nitro groups is 1. The Bertz CT molecular complexity index is 717. The van der Waals surface area contributed by atoms with E-state index in [9.17, 15) is 15.2 Å². The smallest absolute Gasteiger partial charge is 0.269 e. The molecule has 3 rings (SSSR count). The highest BCUT2D eigenvalue weighted by Crippen LogP contribution is 2.28. The first-order chi connectivity index (χ1) is 11.1. The number of hydrogen-bond acceptors (Lipinski definition) is 4. The molecule has 1 heterocycles. The summed E-state index contributed by atoms with van der Waals surface area (Å²) in [6.07, 6.45) is 1.78. The number of non-ortho nitro benzene ring substituents is 1. The predicted octanol–water partition coefficient (Wildman–Crippen LogP) is 3.90. The van der Waals surface area contributed by atoms with Crippen LogP contribution in [0.5, 0.6) is 0 Å². The standard InChI is InChI=1S/C18H18N2O3.ClH/c21-18(14-4-2-1-3-5-14)17-11-8-15(19-17)12-13-6-9-16(10-7-13)20(22)23;/h1-7,9-10,17-18,21H,8,11-12H2;1H/t17-,18-;/m1./s1. The molecule has 2 aromatic carbocycles. The highest BCUT2D eigenvalue weighted by Gasteiger charge is 2.25. The van der Waals surface area contributed by atoms with Gasteiger partial charge in [0, 0.05) is 24.3 Å². The normalized spacial score (nSPS) is 17.7. The summed E-state index contributed by atoms with van der Waals surface area (Å²) in [5.74, 6) is 0. The van der Waals surface area contributed by atoms with Gasteiger partial charge in [-0.1, -0.05) is 42.5 Å². The lowest BCUT2D eigenvalue weighted by Gasteiger charge is -2.15. The molecule has 0 saturated heterocycles. The fourth-order valence-electron chi connectivity index (χ4n) is 2.88. The molecule has 0 amide bonds. The van der Waals surface area contributed by atoms with Crippen molar-refractivity contribution >= 4 is 23.8 Å². The van der Waals surface area contributed by atoms with Crippen molar-refractivity contribution in [2.45, 2.75) is 31.4 Å². The molecule has 1 aliphatic heterocycles. The number of nitrogens with zero attached hydrogens (tertiary/aromatic N) is 2. The van der Waals surface area contributed by atoms with Crippen LogP contribution in [0.25, 0.3) is 0 Å². The van der Waals surface area contributed by atoms with Gasteiger partial charge in [-0.2, -0.15) is 0 Å². The minimum atomic E-state index is -0.578. The van der Waals surface area contributed by atoms with Gasteiger partial charge in [0.25, 0.3) is 5.69 Å². The molecule has 6 heteroatoms. The molecular formula is C18H19ClN2O3. The number of hydrogen-bond donors (Lipinski definition) is 1. The first-order valence-electron chi connectivity index (χ1n) is 7.65. The second-order valence-corrected chi connectivity index (χ2v) is 5.76. The third kappa shape index (κ3) is 4.19. The van der Waals surface area contributed by atoms with E-state index in [1.165, 1.54) is 12.1 Å². The van der Waals surface area contributed by atoms with Gasteiger partial charge in [0.2, 0.25) is 0 Å². The summed E-state index contributed by atoms with van der Waals surface area (Å²) in [7, 11) is 0. The van der Waals surface area contributed by atoms with Gasteiger partial charge in [-0.05, 0) is 24.0 Å². The summed E-state index contributed by atoms with van der Waals surface area (Å²) >= 11 is 0. The van der Waals surface area contributed by atoms with Crippen LogP contribution in [0, 0.1) is 10.1 Å². The molecule has 2 aromatic rings. The number of benzene rings is 2. The SMILES string of the molecule is Cl.O=[N+]([O-])c1ccc(CC2=N[C@@H]([C@H](O)c3ccccc3)CC2)cc1. The third-order valence-corrected chi connectivity index (χ3v) is 4.14. The monoisotopic (exact) mass is 346 g/mol. The van der Waals surface area contributed by atoms with E-state index in [2.05, 4.69) is 4.99 Å². The number of aliphatic imine (C=N–C) groups is 1. The molecule has 126 valence electrons. The van der Waals surface area contributed by atoms with Gasteiger partial charge in [0.1, 0.15) is 6.10 Å². The zero-order valence-corrected chi connectivity index (χ0v) is 13.9. The van der Waals surface area contributed by atoms with Crippen molar-refractivity contribution in [2.75, 3.05) is 0 Å². The van der Waals surface area contributed by atoms with E-state index in [-0.39, 0.29) is 24.1 Å². The van der Waals surface area contributed by atoms with E-state index in [0.29, 0.717) is 6.42 Å². The van der Waals surface area contributed by atoms with E-state index >= 15 is 0 Å². The van der Waals surface area contributed by atoms with E-state index in [4.69, 9.17) is 0 Å². The van der Waals surface area contributed by atoms with Gasteiger partial charge in [0.05, 0.1) is 11.0 Å². The zero-order valence-electron chi connectivity index (χ0n) is 13.0. The topological polar surface area (TPSA) is 75.7 Å². The Kier molecular flexibility index (Phi) is 6.06. The van der Waals surface area contributed by atoms with Crippen molar-refractivity contribution in [1.29, 1.82) is 0 Å². The first-order valence-corrected chi connectivity index (χ1v) is 7.65. The fraction of sp³-hybridized carbons (Fsp3) is 0.278. The van der Waals surface area contributed by atoms with Gasteiger partial charge < -0.3 is 5.11 Å². The van der Waals surface area contributed by atoms with Crippen molar-refractivity contribution < 1.29 is 10.0 Å². The van der Waals surface area contributed by atoms with E-state index < -0.39 is 11.0 Å². The lowest BCUT2D eigenvalue weighted by molar-refractivity contribution is -0.384. The van der Waals surface area contributed by atoms with Gasteiger partial charge in [-0.3, -0.25) is 15.1 Å². The summed E-state index contributed by atoms with van der Waals surface area (Å²) in [4.78, 5) is 14.9. The number of aliphatic hydroxyl groups is 1. The molecule has 0 spiro atoms. The molecule has 1 N–H and O–H groups in total. The molecule has 2 atom stereocenters. The Labute approximate surface area is 146 Å². The van der Waals surface area contributed by atoms with Crippen LogP contribution in [0.4, 0.5) is 5.69 Å². The van der Waals surface area contributed by atoms with Gasteiger partial charge >= 0.3 is 0 Å². The van der Waals surface area contributed by atoms with Crippen molar-refractivity contribution in [3.63, 3.8) is 0 Å². The van der Waals surface area contributed by atoms with Crippen LogP contribution in [0.1, 0.15) is 30.1 Å². The Morgan fingerprint density at radius 2 is 1.83 bits per heavy atom. The molecule has 1 aliphatic rings. The molecule has 0 aromatic heterocycles. The summed E-state index contributed by atoms with van der Waals surface area (Å²) < 4.78 is 0. The number of nitro benzene ring substituents is 1. The van der Waals surface area contributed by atoms with Crippen LogP contribution >= 0.6 is 12.4 Å². The highest BCUT2D eigenvalue weighted by atomic mass is 35.5. The van der Waals surface area contributed by atoms with E-state index in [1.54, 1.807) is 12.1 Å². The summed E-state index contributed by atoms with van der Waals surface area (Å²) in [6, 6.07) is 16.0. The average Bonchev–Trinajstić information content (AvgIpc) is 3.04. The molecule has 0 saturated carbocycles. The molecule has 24 heavy (non-hydrogen) atoms. The van der Waals surface area contributed by atoms with Gasteiger partial charge in [0.15, 0.2) is 0 Å². The molecule has 0 aliphatic carbocycles. The number of rotatable bonds is 5. The van der Waals surface area contributed by atoms with Crippen molar-refractivity contribution in [1.82, 2.24) is 0 Å². The highest BCUT2D eigenvalue weighted by molar-refractivity contribution is 5.88. The Morgan fingerprint density at radius 3 is 2.46 bits per heavy atom. The molecular weight excluding hydrogens is 328 g/mol. The maximum atomic E-state index is 10.7. The van der Waals surface area contributed by atoms with Crippen molar-refractivity contribution in [3.05, 3.63) is 75.8 Å². The first kappa shape index (κ1) is 18.1. The Morgan fingerprint density at radius 1 is 1.17 bits per heavy atom. The van der Waals surface area contributed by atoms with Crippen LogP contribution in [0.2, 0.25) is 0 Å². The van der Waals surface area contributed by atoms with Crippen LogP contribution < -0.4 is 0 Å². The van der Waals surface area contributed by atoms with Crippen LogP contribution in [-0.2, 0) is 6.42 Å². The second kappa shape index (κ2) is 8.04. The minimum absolute atomic E-state index is 0. The summed E-state index contributed by atoms with van der Waals surface area (Å²) in [5.41, 5.74) is 3.03. The van der Waals surface area contributed by atoms with E-state index in [1.807, 2.05) is 30.3 Å². The minimum Gasteiger partial charge on any atom is -0.386 e. The fourth-order valence-corrected chi connectivity index (χ4v) is 2.88. The summed E-state index contributed by atoms with van der Waals surface area (Å²) in [5, 5.41) is 21.1. The van der Waals surface area contributed by atoms with Crippen LogP contribution in [0.3, 0.4) is 0 Å². The van der Waals surface area contributed by atoms with Crippen LogP contribution in [0.15, 0.2) is 59.6 Å². The Hall–Kier alpha value is -2.24. The zero-order chi connectivity index (χ0) is 16.2. The van der Waals surface area contributed by atoms with E-state index in [0.717, 1.165) is 29.7 Å². The molecule has 0 bridgehead atoms. The quantitative estimate of drug-likeness (QED) is 0.659. The number of aliphatic hydroxyl groups excluding tert-OH is 1. The molecule has 5 nitrogen and oxygen atoms in total. The molecule has 0 fully saturated rings. The Balaban J connectivity index is 0.00000208. The third-order valence-electron chi connectivity index (χ3n) is 4.14. The van der Waals surface area contributed by atoms with Gasteiger partial charge in [-0.25, -0.2) is 0 Å². The maximum absolute atomic E-state index is 10.7. The van der Waals surface area contributed by atoms with Gasteiger partial charge in [-0.15, -0.1) is 12.4 Å². The average molecular weight is 347 g/mol. The maximum Gasteiger partial charge on any atom is 0.269 e. The predicted molar refractivity (Wildman–Crippen MR) is 95.9 cm³/mol. The second-order valence-electron chi connectivity index (χ2n) is 5.76. The lowest BCUT2D eigenvalue weighted by atomic mass is 10.00. The molecule has 0 unspecified atom stereocenters. The van der Waals surface area contributed by atoms with Crippen molar-refractivity contribution in [3.8, 4) is 0 Å². The van der Waals surface area contributed by atoms with Crippen molar-refractivity contribution in [2.24, 2.45) is 4.99 Å². The van der Waals surface area contributed by atoms with Crippen LogP contribution in [-0.4, -0.2) is 21.8 Å². The summed E-state index contributed by atoms with van der Waals surface area (Å²) in [6.45, 7) is 0. The largest absolute Gasteiger partial charge is 0.386 e.